The van der Waals surface area contributed by atoms with Gasteiger partial charge in [0, 0.05) is 7.05 Å². The lowest BCUT2D eigenvalue weighted by Gasteiger charge is -2.13. The van der Waals surface area contributed by atoms with Crippen LogP contribution < -0.4 is 15.6 Å². The smallest absolute Gasteiger partial charge is 0.241 e. The summed E-state index contributed by atoms with van der Waals surface area (Å²) in [5, 5.41) is 0.522. The van der Waals surface area contributed by atoms with Crippen molar-refractivity contribution in [3.63, 3.8) is 0 Å². The second-order valence-electron chi connectivity index (χ2n) is 3.58. The van der Waals surface area contributed by atoms with Gasteiger partial charge in [0.15, 0.2) is 0 Å². The molecule has 0 radical (unpaired) electrons. The standard InChI is InChI=1S/C12H17ClN2O2/c1-4-17-11-6-5-9(7-10(11)13)8(2)12(16)15-14-3/h5-8,14H,4H2,1-3H3,(H,15,16). The van der Waals surface area contributed by atoms with E-state index in [-0.39, 0.29) is 11.8 Å². The summed E-state index contributed by atoms with van der Waals surface area (Å²) in [6.45, 7) is 4.28. The number of hydrogen-bond donors (Lipinski definition) is 2. The fraction of sp³-hybridized carbons (Fsp3) is 0.417. The molecule has 0 aromatic heterocycles. The maximum atomic E-state index is 11.6. The Hall–Kier alpha value is -1.26. The van der Waals surface area contributed by atoms with Crippen molar-refractivity contribution in [1.29, 1.82) is 0 Å². The van der Waals surface area contributed by atoms with E-state index in [1.807, 2.05) is 19.9 Å². The summed E-state index contributed by atoms with van der Waals surface area (Å²) in [4.78, 5) is 11.6. The van der Waals surface area contributed by atoms with Crippen LogP contribution in [0.2, 0.25) is 5.02 Å². The van der Waals surface area contributed by atoms with E-state index in [4.69, 9.17) is 16.3 Å². The van der Waals surface area contributed by atoms with Crippen molar-refractivity contribution in [2.45, 2.75) is 19.8 Å². The first-order valence-electron chi connectivity index (χ1n) is 5.49. The van der Waals surface area contributed by atoms with Gasteiger partial charge in [-0.2, -0.15) is 0 Å². The Morgan fingerprint density at radius 1 is 1.53 bits per heavy atom. The molecule has 1 atom stereocenters. The molecule has 0 aliphatic heterocycles. The zero-order valence-corrected chi connectivity index (χ0v) is 11.0. The number of hydrazine groups is 1. The molecule has 94 valence electrons. The minimum Gasteiger partial charge on any atom is -0.492 e. The lowest BCUT2D eigenvalue weighted by molar-refractivity contribution is -0.123. The second-order valence-corrected chi connectivity index (χ2v) is 3.99. The van der Waals surface area contributed by atoms with Crippen LogP contribution in [0, 0.1) is 0 Å². The Kier molecular flexibility index (Phi) is 5.25. The number of amides is 1. The molecule has 17 heavy (non-hydrogen) atoms. The van der Waals surface area contributed by atoms with E-state index < -0.39 is 0 Å². The zero-order valence-electron chi connectivity index (χ0n) is 10.2. The van der Waals surface area contributed by atoms with Crippen LogP contribution in [0.15, 0.2) is 18.2 Å². The van der Waals surface area contributed by atoms with E-state index in [2.05, 4.69) is 10.9 Å². The largest absolute Gasteiger partial charge is 0.492 e. The number of rotatable bonds is 5. The molecule has 0 bridgehead atoms. The SMILES string of the molecule is CCOc1ccc(C(C)C(=O)NNC)cc1Cl. The minimum atomic E-state index is -0.268. The molecule has 5 heteroatoms. The topological polar surface area (TPSA) is 50.4 Å². The van der Waals surface area contributed by atoms with Crippen LogP contribution in [0.1, 0.15) is 25.3 Å². The van der Waals surface area contributed by atoms with Gasteiger partial charge < -0.3 is 4.74 Å². The molecule has 0 saturated carbocycles. The molecule has 1 rings (SSSR count). The van der Waals surface area contributed by atoms with Gasteiger partial charge in [-0.25, -0.2) is 5.43 Å². The molecule has 0 aliphatic rings. The molecule has 4 nitrogen and oxygen atoms in total. The number of carbonyl (C=O) groups is 1. The van der Waals surface area contributed by atoms with Gasteiger partial charge in [0.1, 0.15) is 5.75 Å². The summed E-state index contributed by atoms with van der Waals surface area (Å²) in [6, 6.07) is 5.38. The highest BCUT2D eigenvalue weighted by Gasteiger charge is 2.15. The third kappa shape index (κ3) is 3.61. The summed E-state index contributed by atoms with van der Waals surface area (Å²) < 4.78 is 5.33. The monoisotopic (exact) mass is 256 g/mol. The number of benzene rings is 1. The second kappa shape index (κ2) is 6.47. The lowest BCUT2D eigenvalue weighted by Crippen LogP contribution is -2.37. The van der Waals surface area contributed by atoms with Crippen molar-refractivity contribution in [2.24, 2.45) is 0 Å². The Labute approximate surface area is 106 Å². The molecule has 1 unspecified atom stereocenters. The van der Waals surface area contributed by atoms with Gasteiger partial charge in [0.05, 0.1) is 17.5 Å². The Balaban J connectivity index is 2.85. The van der Waals surface area contributed by atoms with Crippen molar-refractivity contribution in [2.75, 3.05) is 13.7 Å². The van der Waals surface area contributed by atoms with Crippen molar-refractivity contribution >= 4 is 17.5 Å². The molecule has 0 fully saturated rings. The van der Waals surface area contributed by atoms with E-state index >= 15 is 0 Å². The van der Waals surface area contributed by atoms with Gasteiger partial charge in [-0.3, -0.25) is 10.2 Å². The minimum absolute atomic E-state index is 0.104. The van der Waals surface area contributed by atoms with Gasteiger partial charge >= 0.3 is 0 Å². The summed E-state index contributed by atoms with van der Waals surface area (Å²) >= 11 is 6.06. The number of carbonyl (C=O) groups excluding carboxylic acids is 1. The first kappa shape index (κ1) is 13.8. The van der Waals surface area contributed by atoms with Crippen molar-refractivity contribution in [3.8, 4) is 5.75 Å². The van der Waals surface area contributed by atoms with E-state index in [0.29, 0.717) is 17.4 Å². The van der Waals surface area contributed by atoms with Gasteiger partial charge in [-0.1, -0.05) is 17.7 Å². The molecular formula is C12H17ClN2O2. The van der Waals surface area contributed by atoms with Crippen molar-refractivity contribution < 1.29 is 9.53 Å². The average molecular weight is 257 g/mol. The summed E-state index contributed by atoms with van der Waals surface area (Å²) in [6.07, 6.45) is 0. The van der Waals surface area contributed by atoms with Crippen LogP contribution in [0.4, 0.5) is 0 Å². The highest BCUT2D eigenvalue weighted by Crippen LogP contribution is 2.28. The average Bonchev–Trinajstić information content (AvgIpc) is 2.31. The number of nitrogens with one attached hydrogen (secondary N) is 2. The maximum Gasteiger partial charge on any atom is 0.241 e. The summed E-state index contributed by atoms with van der Waals surface area (Å²) in [5.74, 6) is 0.266. The first-order chi connectivity index (χ1) is 8.10. The quantitative estimate of drug-likeness (QED) is 0.794. The lowest BCUT2D eigenvalue weighted by atomic mass is 10.0. The molecule has 2 N–H and O–H groups in total. The summed E-state index contributed by atoms with van der Waals surface area (Å²) in [7, 11) is 1.65. The van der Waals surface area contributed by atoms with Crippen LogP contribution in [-0.4, -0.2) is 19.6 Å². The molecule has 1 aromatic rings. The predicted octanol–water partition coefficient (Wildman–Crippen LogP) is 2.09. The molecule has 0 spiro atoms. The molecule has 1 amide bonds. The van der Waals surface area contributed by atoms with Crippen molar-refractivity contribution in [3.05, 3.63) is 28.8 Å². The third-order valence-electron chi connectivity index (χ3n) is 2.40. The summed E-state index contributed by atoms with van der Waals surface area (Å²) in [5.41, 5.74) is 6.00. The van der Waals surface area contributed by atoms with Gasteiger partial charge in [-0.15, -0.1) is 0 Å². The van der Waals surface area contributed by atoms with Crippen LogP contribution in [0.5, 0.6) is 5.75 Å². The highest BCUT2D eigenvalue weighted by atomic mass is 35.5. The molecule has 1 aromatic carbocycles. The molecule has 0 saturated heterocycles. The van der Waals surface area contributed by atoms with E-state index in [0.717, 1.165) is 5.56 Å². The third-order valence-corrected chi connectivity index (χ3v) is 2.69. The fourth-order valence-electron chi connectivity index (χ4n) is 1.44. The predicted molar refractivity (Wildman–Crippen MR) is 68.2 cm³/mol. The van der Waals surface area contributed by atoms with Crippen LogP contribution in [-0.2, 0) is 4.79 Å². The van der Waals surface area contributed by atoms with Crippen LogP contribution >= 0.6 is 11.6 Å². The van der Waals surface area contributed by atoms with E-state index in [1.165, 1.54) is 0 Å². The van der Waals surface area contributed by atoms with Gasteiger partial charge in [0.25, 0.3) is 0 Å². The zero-order chi connectivity index (χ0) is 12.8. The first-order valence-corrected chi connectivity index (χ1v) is 5.86. The highest BCUT2D eigenvalue weighted by molar-refractivity contribution is 6.32. The number of ether oxygens (including phenoxy) is 1. The molecule has 0 aliphatic carbocycles. The Morgan fingerprint density at radius 3 is 2.76 bits per heavy atom. The van der Waals surface area contributed by atoms with Crippen LogP contribution in [0.3, 0.4) is 0 Å². The molecular weight excluding hydrogens is 240 g/mol. The number of hydrogen-bond acceptors (Lipinski definition) is 3. The van der Waals surface area contributed by atoms with E-state index in [1.54, 1.807) is 19.2 Å². The molecule has 0 heterocycles. The van der Waals surface area contributed by atoms with Gasteiger partial charge in [0.2, 0.25) is 5.91 Å². The number of halogens is 1. The van der Waals surface area contributed by atoms with E-state index in [9.17, 15) is 4.79 Å². The van der Waals surface area contributed by atoms with Gasteiger partial charge in [-0.05, 0) is 31.5 Å². The Bertz CT molecular complexity index is 396. The Morgan fingerprint density at radius 2 is 2.24 bits per heavy atom. The fourth-order valence-corrected chi connectivity index (χ4v) is 1.69. The normalized spacial score (nSPS) is 12.0. The van der Waals surface area contributed by atoms with Crippen molar-refractivity contribution in [1.82, 2.24) is 10.9 Å². The maximum absolute atomic E-state index is 11.6. The van der Waals surface area contributed by atoms with Crippen LogP contribution in [0.25, 0.3) is 0 Å².